The maximum absolute atomic E-state index is 11.3. The van der Waals surface area contributed by atoms with Crippen LogP contribution in [0.3, 0.4) is 0 Å². The molecule has 0 aliphatic rings. The standard InChI is InChI=1S/C15H27O7P/c1-2-15(18)21-11-9-7-5-3-4-6-8-10-12-22-23(19,20)13-14(16)17/h2H,1,3-13H2,(H,16,17)(H,19,20). The Hall–Kier alpha value is -1.17. The lowest BCUT2D eigenvalue weighted by atomic mass is 10.1. The van der Waals surface area contributed by atoms with Crippen LogP contribution in [0.2, 0.25) is 0 Å². The molecule has 0 bridgehead atoms. The monoisotopic (exact) mass is 350 g/mol. The van der Waals surface area contributed by atoms with E-state index in [9.17, 15) is 19.0 Å². The topological polar surface area (TPSA) is 110 Å². The van der Waals surface area contributed by atoms with Crippen molar-refractivity contribution in [3.63, 3.8) is 0 Å². The fourth-order valence-corrected chi connectivity index (χ4v) is 2.77. The molecule has 2 N–H and O–H groups in total. The van der Waals surface area contributed by atoms with E-state index in [4.69, 9.17) is 14.4 Å². The number of esters is 1. The van der Waals surface area contributed by atoms with E-state index in [2.05, 4.69) is 6.58 Å². The third kappa shape index (κ3) is 15.5. The maximum atomic E-state index is 11.3. The average molecular weight is 350 g/mol. The fraction of sp³-hybridized carbons (Fsp3) is 0.733. The minimum absolute atomic E-state index is 0.107. The molecule has 8 heteroatoms. The molecule has 0 aliphatic heterocycles. The van der Waals surface area contributed by atoms with Gasteiger partial charge in [-0.05, 0) is 12.8 Å². The molecule has 0 spiro atoms. The zero-order valence-electron chi connectivity index (χ0n) is 13.4. The third-order valence-corrected chi connectivity index (χ3v) is 4.33. The lowest BCUT2D eigenvalue weighted by Gasteiger charge is -2.09. The first-order valence-corrected chi connectivity index (χ1v) is 9.61. The lowest BCUT2D eigenvalue weighted by molar-refractivity contribution is -0.138. The molecule has 1 unspecified atom stereocenters. The number of carboxylic acid groups (broad SMARTS) is 1. The van der Waals surface area contributed by atoms with Crippen LogP contribution < -0.4 is 0 Å². The molecule has 1 atom stereocenters. The van der Waals surface area contributed by atoms with E-state index in [1.807, 2.05) is 0 Å². The van der Waals surface area contributed by atoms with E-state index < -0.39 is 19.7 Å². The van der Waals surface area contributed by atoms with Gasteiger partial charge in [-0.15, -0.1) is 0 Å². The van der Waals surface area contributed by atoms with Crippen molar-refractivity contribution in [3.05, 3.63) is 12.7 Å². The molecule has 23 heavy (non-hydrogen) atoms. The summed E-state index contributed by atoms with van der Waals surface area (Å²) in [6.07, 6.45) is 7.92. The Morgan fingerprint density at radius 2 is 1.43 bits per heavy atom. The van der Waals surface area contributed by atoms with Crippen LogP contribution in [-0.2, 0) is 23.4 Å². The number of hydrogen-bond donors (Lipinski definition) is 2. The van der Waals surface area contributed by atoms with Crippen LogP contribution in [0.15, 0.2) is 12.7 Å². The Labute approximate surface area is 137 Å². The first kappa shape index (κ1) is 21.8. The van der Waals surface area contributed by atoms with Gasteiger partial charge in [-0.1, -0.05) is 45.1 Å². The molecule has 0 fully saturated rings. The van der Waals surface area contributed by atoms with E-state index in [1.165, 1.54) is 0 Å². The Balaban J connectivity index is 3.31. The Bertz CT molecular complexity index is 409. The molecular formula is C15H27O7P. The van der Waals surface area contributed by atoms with Gasteiger partial charge in [0.2, 0.25) is 0 Å². The first-order valence-electron chi connectivity index (χ1n) is 7.85. The van der Waals surface area contributed by atoms with Crippen LogP contribution in [0.4, 0.5) is 0 Å². The van der Waals surface area contributed by atoms with Crippen molar-refractivity contribution in [2.45, 2.75) is 51.4 Å². The molecule has 134 valence electrons. The Morgan fingerprint density at radius 1 is 0.957 bits per heavy atom. The van der Waals surface area contributed by atoms with Gasteiger partial charge in [0.15, 0.2) is 0 Å². The molecule has 0 rings (SSSR count). The van der Waals surface area contributed by atoms with Crippen LogP contribution in [0.5, 0.6) is 0 Å². The predicted molar refractivity (Wildman–Crippen MR) is 86.4 cm³/mol. The third-order valence-electron chi connectivity index (χ3n) is 3.08. The molecule has 0 aromatic heterocycles. The van der Waals surface area contributed by atoms with Gasteiger partial charge in [-0.25, -0.2) is 4.79 Å². The molecule has 0 aliphatic carbocycles. The van der Waals surface area contributed by atoms with Gasteiger partial charge in [-0.2, -0.15) is 0 Å². The summed E-state index contributed by atoms with van der Waals surface area (Å²) in [7, 11) is -3.98. The second kappa shape index (κ2) is 13.3. The lowest BCUT2D eigenvalue weighted by Crippen LogP contribution is -2.06. The number of unbranched alkanes of at least 4 members (excludes halogenated alkanes) is 7. The number of aliphatic carboxylic acids is 1. The average Bonchev–Trinajstić information content (AvgIpc) is 2.46. The molecule has 0 saturated carbocycles. The molecule has 0 aromatic carbocycles. The zero-order chi connectivity index (χ0) is 17.6. The summed E-state index contributed by atoms with van der Waals surface area (Å²) < 4.78 is 20.8. The van der Waals surface area contributed by atoms with Crippen molar-refractivity contribution < 1.29 is 33.4 Å². The van der Waals surface area contributed by atoms with Crippen molar-refractivity contribution in [1.82, 2.24) is 0 Å². The van der Waals surface area contributed by atoms with Crippen molar-refractivity contribution in [2.75, 3.05) is 19.4 Å². The van der Waals surface area contributed by atoms with Crippen molar-refractivity contribution in [3.8, 4) is 0 Å². The molecule has 0 amide bonds. The Morgan fingerprint density at radius 3 is 1.91 bits per heavy atom. The summed E-state index contributed by atoms with van der Waals surface area (Å²) in [5, 5.41) is 8.42. The van der Waals surface area contributed by atoms with Crippen molar-refractivity contribution >= 4 is 19.5 Å². The number of carboxylic acids is 1. The van der Waals surface area contributed by atoms with E-state index in [-0.39, 0.29) is 12.6 Å². The molecular weight excluding hydrogens is 323 g/mol. The second-order valence-electron chi connectivity index (χ2n) is 5.22. The summed E-state index contributed by atoms with van der Waals surface area (Å²) in [5.74, 6) is -1.72. The maximum Gasteiger partial charge on any atom is 0.339 e. The van der Waals surface area contributed by atoms with Gasteiger partial charge in [-0.3, -0.25) is 9.36 Å². The van der Waals surface area contributed by atoms with Crippen LogP contribution >= 0.6 is 7.60 Å². The van der Waals surface area contributed by atoms with Crippen molar-refractivity contribution in [2.24, 2.45) is 0 Å². The van der Waals surface area contributed by atoms with Crippen LogP contribution in [0.1, 0.15) is 51.4 Å². The predicted octanol–water partition coefficient (Wildman–Crippen LogP) is 3.12. The smallest absolute Gasteiger partial charge is 0.339 e. The summed E-state index contributed by atoms with van der Waals surface area (Å²) >= 11 is 0. The van der Waals surface area contributed by atoms with E-state index in [1.54, 1.807) is 0 Å². The van der Waals surface area contributed by atoms with Crippen LogP contribution in [0.25, 0.3) is 0 Å². The van der Waals surface area contributed by atoms with Crippen LogP contribution in [-0.4, -0.2) is 41.3 Å². The van der Waals surface area contributed by atoms with Gasteiger partial charge in [0.05, 0.1) is 13.2 Å². The summed E-state index contributed by atoms with van der Waals surface area (Å²) in [4.78, 5) is 30.3. The van der Waals surface area contributed by atoms with Crippen LogP contribution in [0, 0.1) is 0 Å². The van der Waals surface area contributed by atoms with Gasteiger partial charge in [0, 0.05) is 6.08 Å². The quantitative estimate of drug-likeness (QED) is 0.202. The summed E-state index contributed by atoms with van der Waals surface area (Å²) in [6, 6.07) is 0. The summed E-state index contributed by atoms with van der Waals surface area (Å²) in [6.45, 7) is 3.85. The minimum Gasteiger partial charge on any atom is -0.481 e. The molecule has 0 aromatic rings. The minimum atomic E-state index is -3.98. The molecule has 0 radical (unpaired) electrons. The number of hydrogen-bond acceptors (Lipinski definition) is 5. The Kier molecular flexibility index (Phi) is 12.6. The summed E-state index contributed by atoms with van der Waals surface area (Å²) in [5.41, 5.74) is 0. The first-order chi connectivity index (χ1) is 10.9. The highest BCUT2D eigenvalue weighted by Crippen LogP contribution is 2.41. The number of ether oxygens (including phenoxy) is 1. The van der Waals surface area contributed by atoms with E-state index >= 15 is 0 Å². The van der Waals surface area contributed by atoms with Gasteiger partial charge >= 0.3 is 19.5 Å². The molecule has 0 saturated heterocycles. The number of carbonyl (C=O) groups is 2. The SMILES string of the molecule is C=CC(=O)OCCCCCCCCCCOP(=O)(O)CC(=O)O. The molecule has 7 nitrogen and oxygen atoms in total. The van der Waals surface area contributed by atoms with Gasteiger partial charge in [0.25, 0.3) is 0 Å². The highest BCUT2D eigenvalue weighted by Gasteiger charge is 2.23. The highest BCUT2D eigenvalue weighted by atomic mass is 31.2. The fourth-order valence-electron chi connectivity index (χ4n) is 1.92. The second-order valence-corrected chi connectivity index (χ2v) is 7.07. The number of rotatable bonds is 15. The number of carbonyl (C=O) groups excluding carboxylic acids is 1. The van der Waals surface area contributed by atoms with E-state index in [0.29, 0.717) is 13.0 Å². The highest BCUT2D eigenvalue weighted by molar-refractivity contribution is 7.53. The van der Waals surface area contributed by atoms with Gasteiger partial charge in [0.1, 0.15) is 6.16 Å². The zero-order valence-corrected chi connectivity index (χ0v) is 14.3. The van der Waals surface area contributed by atoms with E-state index in [0.717, 1.165) is 51.0 Å². The normalized spacial score (nSPS) is 13.3. The largest absolute Gasteiger partial charge is 0.481 e. The molecule has 0 heterocycles. The van der Waals surface area contributed by atoms with Gasteiger partial charge < -0.3 is 19.3 Å². The van der Waals surface area contributed by atoms with Crippen molar-refractivity contribution in [1.29, 1.82) is 0 Å².